The highest BCUT2D eigenvalue weighted by Crippen LogP contribution is 2.32. The van der Waals surface area contributed by atoms with E-state index in [9.17, 15) is 39.0 Å². The summed E-state index contributed by atoms with van der Waals surface area (Å²) >= 11 is 8.68. The lowest BCUT2D eigenvalue weighted by Gasteiger charge is -2.37. The zero-order valence-electron chi connectivity index (χ0n) is 74.0. The van der Waals surface area contributed by atoms with Crippen molar-refractivity contribution in [2.75, 3.05) is 64.2 Å². The largest absolute Gasteiger partial charge is 0.508 e. The van der Waals surface area contributed by atoms with Gasteiger partial charge in [0.1, 0.15) is 78.8 Å². The number of likely N-dealkylation sites (N-methyl/N-ethyl adjacent to an activating group) is 4. The molecule has 37 heteroatoms. The van der Waals surface area contributed by atoms with Crippen LogP contribution < -0.4 is 64.2 Å². The number of phenolic OH excluding ortho intramolecular Hbond substituents is 1. The molecule has 130 heavy (non-hydrogen) atoms. The number of benzene rings is 6. The Kier molecular flexibility index (Phi) is 37.3. The van der Waals surface area contributed by atoms with E-state index in [1.165, 1.54) is 63.8 Å². The van der Waals surface area contributed by atoms with Crippen LogP contribution >= 0.6 is 34.7 Å². The van der Waals surface area contributed by atoms with E-state index in [1.54, 1.807) is 142 Å². The van der Waals surface area contributed by atoms with Crippen molar-refractivity contribution in [3.05, 3.63) is 201 Å². The number of carboxylic acid groups (broad SMARTS) is 1. The van der Waals surface area contributed by atoms with Gasteiger partial charge in [-0.3, -0.25) is 76.7 Å². The summed E-state index contributed by atoms with van der Waals surface area (Å²) in [6.07, 6.45) is -1.42. The van der Waals surface area contributed by atoms with Gasteiger partial charge in [0.15, 0.2) is 0 Å². The zero-order valence-corrected chi connectivity index (χ0v) is 76.4. The van der Waals surface area contributed by atoms with E-state index in [0.717, 1.165) is 46.3 Å². The fraction of sp³-hybridized carbons (Fsp3) is 0.419. The number of carboxylic acids is 1. The van der Waals surface area contributed by atoms with E-state index < -0.39 is 205 Å². The first kappa shape index (κ1) is 101. The molecule has 15 amide bonds. The molecular weight excluding hydrogens is 1730 g/mol. The van der Waals surface area contributed by atoms with Crippen LogP contribution in [0.5, 0.6) is 5.75 Å². The minimum absolute atomic E-state index is 0.0114. The summed E-state index contributed by atoms with van der Waals surface area (Å²) in [4.78, 5) is 241. The van der Waals surface area contributed by atoms with E-state index in [0.29, 0.717) is 51.8 Å². The smallest absolute Gasteiger partial charge is 0.305 e. The first-order valence-electron chi connectivity index (χ1n) is 42.9. The van der Waals surface area contributed by atoms with Gasteiger partial charge in [0.2, 0.25) is 88.6 Å². The molecule has 694 valence electrons. The van der Waals surface area contributed by atoms with Gasteiger partial charge in [-0.05, 0) is 111 Å². The summed E-state index contributed by atoms with van der Waals surface area (Å²) in [6.45, 7) is 6.19. The number of thioether (sulfide) groups is 1. The van der Waals surface area contributed by atoms with Crippen molar-refractivity contribution in [3.63, 3.8) is 0 Å². The first-order valence-corrected chi connectivity index (χ1v) is 45.3. The third-order valence-electron chi connectivity index (χ3n) is 22.5. The molecule has 1 aromatic heterocycles. The Morgan fingerprint density at radius 1 is 0.538 bits per heavy atom. The number of anilines is 1. The second-order valence-corrected chi connectivity index (χ2v) is 35.7. The molecule has 1 fully saturated rings. The summed E-state index contributed by atoms with van der Waals surface area (Å²) in [5.41, 5.74) is 15.5. The molecular formula is C93H115ClN16O18S2. The van der Waals surface area contributed by atoms with Crippen molar-refractivity contribution in [2.24, 2.45) is 23.3 Å². The van der Waals surface area contributed by atoms with Crippen molar-refractivity contribution in [3.8, 4) is 5.75 Å². The average Bonchev–Trinajstić information content (AvgIpc) is 0.941. The van der Waals surface area contributed by atoms with Gasteiger partial charge < -0.3 is 94.0 Å². The molecule has 1 saturated heterocycles. The maximum absolute atomic E-state index is 15.6. The molecule has 6 aromatic carbocycles. The fourth-order valence-corrected chi connectivity index (χ4v) is 17.5. The number of aromatic hydroxyl groups is 1. The highest BCUT2D eigenvalue weighted by Gasteiger charge is 2.44. The molecule has 2 aliphatic heterocycles. The lowest BCUT2D eigenvalue weighted by molar-refractivity contribution is -0.151. The van der Waals surface area contributed by atoms with Crippen LogP contribution in [-0.2, 0) is 122 Å². The molecule has 0 spiro atoms. The van der Waals surface area contributed by atoms with E-state index in [-0.39, 0.29) is 80.3 Å². The number of phenols is 1. The highest BCUT2D eigenvalue weighted by molar-refractivity contribution is 8.00. The van der Waals surface area contributed by atoms with E-state index in [2.05, 4.69) is 47.9 Å². The number of amides is 15. The molecule has 7 aromatic rings. The number of thiophene rings is 1. The second-order valence-electron chi connectivity index (χ2n) is 33.3. The van der Waals surface area contributed by atoms with Gasteiger partial charge in [-0.1, -0.05) is 174 Å². The number of carbonyl (C=O) groups is 16. The normalized spacial score (nSPS) is 22.1. The predicted molar refractivity (Wildman–Crippen MR) is 492 cm³/mol. The molecule has 15 N–H and O–H groups in total. The van der Waals surface area contributed by atoms with Crippen LogP contribution in [-0.4, -0.2) is 250 Å². The predicted octanol–water partition coefficient (Wildman–Crippen LogP) is 3.35. The molecule has 2 bridgehead atoms. The van der Waals surface area contributed by atoms with Crippen LogP contribution in [0, 0.1) is 11.8 Å². The molecule has 11 atom stereocenters. The number of fused-ring (bicyclic) bond motifs is 5. The number of aliphatic carboxylic acids is 1. The van der Waals surface area contributed by atoms with Gasteiger partial charge in [0.05, 0.1) is 25.3 Å². The monoisotopic (exact) mass is 1840 g/mol. The standard InChI is InChI=1S/C93H115ClN16O18S2/c1-10-11-28-72-91(126)106(6)48-78(113)99-68(45-81(116)117)87(122)105-82(54(4)5)93(128)108(8)74(40-55-21-14-12-15-22-55)88(123)103-70-43-60-33-30-59(46-95)42-73(60)110(90(70)125)49-79(114)98-67(44-61-50-130-76-29-19-18-27-64(61)76)86(121)102-66(38-57-31-34-63(111)35-32-57)85(120)101-65(36-53(2)3)84(119)104-71(83(118)97-47-77(96)112)51-129-52-80(115)100-69(39-58-25-20-26-62(94)37-58)89(124)109(9)75(92(127)107(72)7)41-56-23-16-13-17-24-56/h12-27,29-35,37,42,50,53-54,65-72,74-75,82,111H,10-11,28,36,38-41,43-49,51-52,95H2,1-9H3,(H2,96,112)(H,97,118)(H,98,114)(H,99,113)(H,100,115)(H,101,120)(H,102,121)(H,103,123)(H,104,119)(H,105,122)(H,116,117)/t65-,66-,67-,68-,69-,70-,71-,72-,74-,75-,82-/m0/s1. The zero-order chi connectivity index (χ0) is 94.7. The number of nitrogens with one attached hydrogen (secondary N) is 9. The number of unbranched alkanes of at least 4 members (excludes halogenated alkanes) is 1. The van der Waals surface area contributed by atoms with Gasteiger partial charge in [0.25, 0.3) is 0 Å². The molecule has 0 radical (unpaired) electrons. The molecule has 0 saturated carbocycles. The number of halogens is 1. The van der Waals surface area contributed by atoms with Crippen LogP contribution in [0.25, 0.3) is 10.1 Å². The maximum atomic E-state index is 15.6. The van der Waals surface area contributed by atoms with Crippen molar-refractivity contribution < 1.29 is 86.9 Å². The van der Waals surface area contributed by atoms with Crippen LogP contribution in [0.1, 0.15) is 106 Å². The Bertz CT molecular complexity index is 5240. The minimum atomic E-state index is -1.90. The van der Waals surface area contributed by atoms with E-state index in [1.807, 2.05) is 25.1 Å². The fourth-order valence-electron chi connectivity index (χ4n) is 15.5. The van der Waals surface area contributed by atoms with E-state index >= 15 is 47.9 Å². The third-order valence-corrected chi connectivity index (χ3v) is 24.8. The van der Waals surface area contributed by atoms with Gasteiger partial charge in [-0.25, -0.2) is 0 Å². The summed E-state index contributed by atoms with van der Waals surface area (Å²) in [5.74, 6) is -17.2. The van der Waals surface area contributed by atoms with Crippen LogP contribution in [0.15, 0.2) is 157 Å². The number of nitrogens with zero attached hydrogens (tertiary/aromatic N) is 5. The van der Waals surface area contributed by atoms with Crippen LogP contribution in [0.4, 0.5) is 5.69 Å². The summed E-state index contributed by atoms with van der Waals surface area (Å²) < 4.78 is 0.823. The molecule has 9 rings (SSSR count). The minimum Gasteiger partial charge on any atom is -0.508 e. The lowest BCUT2D eigenvalue weighted by atomic mass is 9.94. The number of hydrogen-bond donors (Lipinski definition) is 13. The maximum Gasteiger partial charge on any atom is 0.305 e. The Hall–Kier alpha value is -12.8. The summed E-state index contributed by atoms with van der Waals surface area (Å²) in [7, 11) is 5.28. The second kappa shape index (κ2) is 48.0. The third kappa shape index (κ3) is 28.6. The number of primary amides is 1. The quantitative estimate of drug-likeness (QED) is 0.0463. The number of hydrogen-bond acceptors (Lipinski definition) is 20. The van der Waals surface area contributed by atoms with Crippen LogP contribution in [0.2, 0.25) is 5.02 Å². The van der Waals surface area contributed by atoms with Crippen molar-refractivity contribution >= 4 is 145 Å². The lowest BCUT2D eigenvalue weighted by Crippen LogP contribution is -2.62. The topological polar surface area (TPSA) is 490 Å². The Labute approximate surface area is 767 Å². The van der Waals surface area contributed by atoms with Gasteiger partial charge in [0, 0.05) is 94.4 Å². The summed E-state index contributed by atoms with van der Waals surface area (Å²) in [5, 5.41) is 47.6. The number of nitrogens with two attached hydrogens (primary N) is 2. The van der Waals surface area contributed by atoms with Gasteiger partial charge in [-0.2, -0.15) is 0 Å². The van der Waals surface area contributed by atoms with Gasteiger partial charge in [-0.15, -0.1) is 23.1 Å². The summed E-state index contributed by atoms with van der Waals surface area (Å²) in [6, 6.07) is 24.8. The molecule has 0 unspecified atom stereocenters. The van der Waals surface area contributed by atoms with Crippen molar-refractivity contribution in [1.82, 2.24) is 67.5 Å². The first-order chi connectivity index (χ1) is 61.9. The SMILES string of the molecule is CCCC[C@H]1C(=O)N(C)CC(=O)N[C@@H](CC(=O)O)C(=O)N[C@@H](C(C)C)C(=O)N(C)[C@@H](Cc2ccccc2)C(=O)N[C@H]2Cc3ccc(CN)cc3N(CC(=O)N[C@@H](Cc3csc4ccccc34)C(=O)N[C@@H](Cc3ccc(O)cc3)C(=O)N[C@@H](CC(C)C)C(=O)N[C@H](C(=O)NCC(N)=O)CSCC(=O)N[C@@H](Cc3cccc(Cl)c3)C(=O)N(C)[C@@H](Cc3ccccc3)C(=O)N1C)C2=O. The number of carbonyl (C=O) groups excluding carboxylic acids is 15. The average molecular weight is 1840 g/mol. The van der Waals surface area contributed by atoms with E-state index in [4.69, 9.17) is 23.1 Å². The molecule has 0 aliphatic carbocycles. The molecule has 34 nitrogen and oxygen atoms in total. The Balaban J connectivity index is 1.12. The van der Waals surface area contributed by atoms with Gasteiger partial charge >= 0.3 is 5.97 Å². The highest BCUT2D eigenvalue weighted by atomic mass is 35.5. The Morgan fingerprint density at radius 2 is 1.10 bits per heavy atom. The Morgan fingerprint density at radius 3 is 1.73 bits per heavy atom. The molecule has 2 aliphatic rings. The van der Waals surface area contributed by atoms with Crippen LogP contribution in [0.3, 0.4) is 0 Å². The molecule has 3 heterocycles. The number of rotatable bonds is 22. The van der Waals surface area contributed by atoms with Crippen molar-refractivity contribution in [1.29, 1.82) is 0 Å². The van der Waals surface area contributed by atoms with Crippen molar-refractivity contribution in [2.45, 2.75) is 178 Å².